The summed E-state index contributed by atoms with van der Waals surface area (Å²) < 4.78 is 13.1. The van der Waals surface area contributed by atoms with Crippen molar-refractivity contribution in [2.75, 3.05) is 32.8 Å². The Hall–Kier alpha value is -4.76. The van der Waals surface area contributed by atoms with Crippen LogP contribution in [0.3, 0.4) is 0 Å². The third-order valence-corrected chi connectivity index (χ3v) is 8.14. The highest BCUT2D eigenvalue weighted by atomic mass is 35.5. The molecular weight excluding hydrogens is 668 g/mol. The average Bonchev–Trinajstić information content (AvgIpc) is 3.54. The Labute approximate surface area is 296 Å². The zero-order valence-corrected chi connectivity index (χ0v) is 29.5. The van der Waals surface area contributed by atoms with Crippen LogP contribution < -0.4 is 25.4 Å². The third kappa shape index (κ3) is 10.6. The zero-order valence-electron chi connectivity index (χ0n) is 28.7. The minimum Gasteiger partial charge on any atom is -0.492 e. The van der Waals surface area contributed by atoms with Gasteiger partial charge < -0.3 is 35.4 Å². The molecular formula is C34H45ClN8O7. The van der Waals surface area contributed by atoms with E-state index in [2.05, 4.69) is 31.2 Å². The van der Waals surface area contributed by atoms with Gasteiger partial charge in [0.1, 0.15) is 23.4 Å². The number of aliphatic hydroxyl groups excluding tert-OH is 1. The third-order valence-electron chi connectivity index (χ3n) is 7.85. The number of nitrogens with one attached hydrogen (secondary N) is 3. The van der Waals surface area contributed by atoms with E-state index in [1.165, 1.54) is 19.1 Å². The normalized spacial score (nSPS) is 19.1. The van der Waals surface area contributed by atoms with E-state index >= 15 is 0 Å². The first-order valence-electron chi connectivity index (χ1n) is 16.7. The van der Waals surface area contributed by atoms with E-state index in [1.54, 1.807) is 47.1 Å². The molecule has 0 saturated heterocycles. The molecule has 5 rings (SSSR count). The second kappa shape index (κ2) is 18.3. The van der Waals surface area contributed by atoms with Crippen molar-refractivity contribution in [3.05, 3.63) is 64.6 Å². The number of carbonyl (C=O) groups is 4. The predicted molar refractivity (Wildman–Crippen MR) is 184 cm³/mol. The Morgan fingerprint density at radius 3 is 2.64 bits per heavy atom. The standard InChI is InChI=1S/C34H45ClN8O7/c1-5-49-33-25(8-6-12-37-33)34(48)42-15-11-24-20-43(41-40-24)14-7-17-50-28-10-9-23(19-26(28)35)30(45)39-29(22(4)44)32(47)38-27(18-21(2)3)31(46)36-13-16-42/h6,8-10,12,19-22,27,29,44H,5,7,11,13-18H2,1-4H3,(H,36,46)(H,38,47)(H,39,45)/t22-,27-,29+/m1/s1. The number of halogens is 1. The van der Waals surface area contributed by atoms with Crippen LogP contribution in [0.5, 0.6) is 11.6 Å². The lowest BCUT2D eigenvalue weighted by molar-refractivity contribution is -0.131. The van der Waals surface area contributed by atoms with Gasteiger partial charge in [-0.3, -0.25) is 23.9 Å². The van der Waals surface area contributed by atoms with Crippen LogP contribution in [0, 0.1) is 5.92 Å². The quantitative estimate of drug-likeness (QED) is 0.275. The largest absolute Gasteiger partial charge is 0.492 e. The average molecular weight is 713 g/mol. The molecule has 2 aromatic heterocycles. The fourth-order valence-corrected chi connectivity index (χ4v) is 5.54. The molecule has 2 aliphatic heterocycles. The molecule has 16 heteroatoms. The summed E-state index contributed by atoms with van der Waals surface area (Å²) >= 11 is 6.41. The fourth-order valence-electron chi connectivity index (χ4n) is 5.30. The number of hydrogen-bond donors (Lipinski definition) is 4. The molecule has 50 heavy (non-hydrogen) atoms. The van der Waals surface area contributed by atoms with Gasteiger partial charge in [-0.2, -0.15) is 0 Å². The molecule has 1 aromatic carbocycles. The molecule has 15 nitrogen and oxygen atoms in total. The van der Waals surface area contributed by atoms with Crippen LogP contribution in [0.15, 0.2) is 42.7 Å². The molecule has 0 aliphatic carbocycles. The van der Waals surface area contributed by atoms with Crippen molar-refractivity contribution in [3.63, 3.8) is 0 Å². The lowest BCUT2D eigenvalue weighted by Gasteiger charge is -2.26. The molecule has 0 saturated carbocycles. The minimum atomic E-state index is -1.37. The number of amides is 4. The zero-order chi connectivity index (χ0) is 36.2. The highest BCUT2D eigenvalue weighted by molar-refractivity contribution is 6.32. The maximum absolute atomic E-state index is 13.8. The first-order valence-corrected chi connectivity index (χ1v) is 17.1. The topological polar surface area (TPSA) is 190 Å². The van der Waals surface area contributed by atoms with Gasteiger partial charge in [-0.1, -0.05) is 30.7 Å². The molecule has 4 heterocycles. The van der Waals surface area contributed by atoms with Crippen LogP contribution in [-0.4, -0.2) is 105 Å². The van der Waals surface area contributed by atoms with E-state index < -0.39 is 35.9 Å². The number of nitrogens with zero attached hydrogens (tertiary/aromatic N) is 5. The van der Waals surface area contributed by atoms with Crippen LogP contribution in [0.2, 0.25) is 5.02 Å². The van der Waals surface area contributed by atoms with Gasteiger partial charge in [0.15, 0.2) is 0 Å². The van der Waals surface area contributed by atoms with E-state index in [0.717, 1.165) is 0 Å². The molecule has 4 amide bonds. The number of ether oxygens (including phenoxy) is 2. The van der Waals surface area contributed by atoms with E-state index in [9.17, 15) is 24.3 Å². The smallest absolute Gasteiger partial charge is 0.259 e. The second-order valence-corrected chi connectivity index (χ2v) is 12.7. The van der Waals surface area contributed by atoms with Gasteiger partial charge in [-0.15, -0.1) is 5.10 Å². The SMILES string of the molecule is CCOc1ncccc1C(=O)N1CCNC(=O)[C@@H](CC(C)C)NC(=O)[C@H]([C@@H](C)O)NC(=O)c2ccc(c(Cl)c2)OCCCn2cc(nn2)CC1. The number of aliphatic hydroxyl groups is 1. The molecule has 3 aromatic rings. The van der Waals surface area contributed by atoms with Crippen molar-refractivity contribution in [1.29, 1.82) is 0 Å². The van der Waals surface area contributed by atoms with Crippen molar-refractivity contribution in [1.82, 2.24) is 40.8 Å². The van der Waals surface area contributed by atoms with Crippen LogP contribution in [0.1, 0.15) is 66.9 Å². The summed E-state index contributed by atoms with van der Waals surface area (Å²) in [6, 6.07) is 5.41. The van der Waals surface area contributed by atoms with Gasteiger partial charge in [0.05, 0.1) is 30.0 Å². The van der Waals surface area contributed by atoms with E-state index in [-0.39, 0.29) is 59.9 Å². The first-order chi connectivity index (χ1) is 24.0. The molecule has 0 fully saturated rings. The highest BCUT2D eigenvalue weighted by Crippen LogP contribution is 2.26. The Bertz CT molecular complexity index is 1630. The summed E-state index contributed by atoms with van der Waals surface area (Å²) in [6.45, 7) is 8.56. The molecule has 270 valence electrons. The number of carbonyl (C=O) groups excluding carboxylic acids is 4. The number of fused-ring (bicyclic) bond motifs is 17. The molecule has 0 spiro atoms. The van der Waals surface area contributed by atoms with Crippen molar-refractivity contribution >= 4 is 35.2 Å². The number of benzene rings is 1. The van der Waals surface area contributed by atoms with Gasteiger partial charge in [0.2, 0.25) is 17.7 Å². The van der Waals surface area contributed by atoms with Crippen LogP contribution in [-0.2, 0) is 22.6 Å². The van der Waals surface area contributed by atoms with Crippen molar-refractivity contribution in [2.45, 2.75) is 71.7 Å². The van der Waals surface area contributed by atoms with Crippen molar-refractivity contribution < 1.29 is 33.8 Å². The summed E-state index contributed by atoms with van der Waals surface area (Å²) in [4.78, 5) is 59.6. The molecule has 4 N–H and O–H groups in total. The summed E-state index contributed by atoms with van der Waals surface area (Å²) in [5, 5.41) is 27.2. The summed E-state index contributed by atoms with van der Waals surface area (Å²) in [6.07, 6.45) is 3.31. The summed E-state index contributed by atoms with van der Waals surface area (Å²) in [7, 11) is 0. The molecule has 0 unspecified atom stereocenters. The Kier molecular flexibility index (Phi) is 13.9. The molecule has 3 atom stereocenters. The minimum absolute atomic E-state index is 0.00872. The number of aromatic nitrogens is 4. The lowest BCUT2D eigenvalue weighted by Crippen LogP contribution is -2.57. The number of rotatable bonds is 6. The lowest BCUT2D eigenvalue weighted by atomic mass is 10.0. The maximum atomic E-state index is 13.8. The van der Waals surface area contributed by atoms with Crippen molar-refractivity contribution in [3.8, 4) is 11.6 Å². The van der Waals surface area contributed by atoms with Crippen molar-refractivity contribution in [2.24, 2.45) is 5.92 Å². The van der Waals surface area contributed by atoms with E-state index in [4.69, 9.17) is 21.1 Å². The Morgan fingerprint density at radius 2 is 1.92 bits per heavy atom. The Morgan fingerprint density at radius 1 is 1.12 bits per heavy atom. The number of hydrogen-bond acceptors (Lipinski definition) is 10. The molecule has 2 aliphatic rings. The van der Waals surface area contributed by atoms with Crippen LogP contribution in [0.25, 0.3) is 0 Å². The highest BCUT2D eigenvalue weighted by Gasteiger charge is 2.31. The first kappa shape index (κ1) is 38.0. The van der Waals surface area contributed by atoms with Gasteiger partial charge >= 0.3 is 0 Å². The Balaban J connectivity index is 1.60. The number of pyridine rings is 1. The summed E-state index contributed by atoms with van der Waals surface area (Å²) in [5.74, 6) is -1.61. The fraction of sp³-hybridized carbons (Fsp3) is 0.500. The van der Waals surface area contributed by atoms with Gasteiger partial charge in [-0.05, 0) is 56.5 Å². The predicted octanol–water partition coefficient (Wildman–Crippen LogP) is 2.02. The number of aryl methyl sites for hydroxylation is 1. The second-order valence-electron chi connectivity index (χ2n) is 12.3. The van der Waals surface area contributed by atoms with Crippen LogP contribution >= 0.6 is 11.6 Å². The van der Waals surface area contributed by atoms with Gasteiger partial charge in [0.25, 0.3) is 11.8 Å². The molecule has 0 radical (unpaired) electrons. The van der Waals surface area contributed by atoms with Gasteiger partial charge in [-0.25, -0.2) is 4.98 Å². The van der Waals surface area contributed by atoms with Gasteiger partial charge in [0, 0.05) is 57.0 Å². The maximum Gasteiger partial charge on any atom is 0.259 e. The summed E-state index contributed by atoms with van der Waals surface area (Å²) in [5.41, 5.74) is 1.10. The van der Waals surface area contributed by atoms with E-state index in [0.29, 0.717) is 44.0 Å². The molecule has 4 bridgehead atoms. The van der Waals surface area contributed by atoms with E-state index in [1.807, 2.05) is 13.8 Å². The monoisotopic (exact) mass is 712 g/mol. The van der Waals surface area contributed by atoms with Crippen LogP contribution in [0.4, 0.5) is 0 Å².